The summed E-state index contributed by atoms with van der Waals surface area (Å²) in [5.41, 5.74) is -3.85. The van der Waals surface area contributed by atoms with Crippen LogP contribution in [0.2, 0.25) is 0 Å². The third-order valence-corrected chi connectivity index (χ3v) is 6.29. The van der Waals surface area contributed by atoms with Crippen molar-refractivity contribution < 1.29 is 44.5 Å². The number of esters is 1. The first-order chi connectivity index (χ1) is 10.7. The van der Waals surface area contributed by atoms with Crippen LogP contribution >= 0.6 is 0 Å². The molecule has 4 saturated carbocycles. The number of halogens is 5. The largest absolute Gasteiger partial charge is 0.465 e. The molecule has 0 aromatic rings. The van der Waals surface area contributed by atoms with Crippen LogP contribution in [0.4, 0.5) is 22.0 Å². The second-order valence-corrected chi connectivity index (χ2v) is 8.77. The van der Waals surface area contributed by atoms with Crippen LogP contribution in [-0.4, -0.2) is 36.0 Å². The SMILES string of the molecule is O=C(OC12CC3CC(C1)CC(C(F)(F)F)(C3)C2)C(F)(F)S(=O)(=O)O. The molecule has 5 nitrogen and oxygen atoms in total. The Labute approximate surface area is 134 Å². The van der Waals surface area contributed by atoms with Crippen LogP contribution in [0.5, 0.6) is 0 Å². The summed E-state index contributed by atoms with van der Waals surface area (Å²) in [5.74, 6) is -3.36. The maximum atomic E-state index is 13.5. The Morgan fingerprint density at radius 3 is 1.96 bits per heavy atom. The predicted octanol–water partition coefficient (Wildman–Crippen LogP) is 2.91. The number of carbonyl (C=O) groups is 1. The molecular weight excluding hydrogens is 363 g/mol. The molecule has 0 saturated heterocycles. The minimum Gasteiger partial charge on any atom is -0.454 e. The van der Waals surface area contributed by atoms with Crippen LogP contribution in [0.1, 0.15) is 38.5 Å². The molecule has 4 fully saturated rings. The fraction of sp³-hybridized carbons (Fsp3) is 0.923. The molecular formula is C13H15F5O5S. The van der Waals surface area contributed by atoms with E-state index in [9.17, 15) is 35.2 Å². The minimum absolute atomic E-state index is 0.00533. The number of alkyl halides is 5. The van der Waals surface area contributed by atoms with Gasteiger partial charge in [0.2, 0.25) is 0 Å². The Bertz CT molecular complexity index is 657. The number of hydrogen-bond donors (Lipinski definition) is 1. The second-order valence-electron chi connectivity index (χ2n) is 7.30. The highest BCUT2D eigenvalue weighted by Crippen LogP contribution is 2.67. The third-order valence-electron chi connectivity index (χ3n) is 5.48. The maximum absolute atomic E-state index is 13.5. The molecule has 0 aromatic carbocycles. The Morgan fingerprint density at radius 1 is 1.04 bits per heavy atom. The summed E-state index contributed by atoms with van der Waals surface area (Å²) >= 11 is 0. The summed E-state index contributed by atoms with van der Waals surface area (Å²) in [6.45, 7) is 0. The van der Waals surface area contributed by atoms with E-state index in [4.69, 9.17) is 4.55 Å². The lowest BCUT2D eigenvalue weighted by Crippen LogP contribution is -2.62. The summed E-state index contributed by atoms with van der Waals surface area (Å²) in [7, 11) is -6.06. The molecule has 2 atom stereocenters. The first-order valence-electron chi connectivity index (χ1n) is 7.35. The Balaban J connectivity index is 1.90. The molecule has 0 heterocycles. The van der Waals surface area contributed by atoms with Gasteiger partial charge in [0.1, 0.15) is 5.60 Å². The van der Waals surface area contributed by atoms with Crippen molar-refractivity contribution in [3.8, 4) is 0 Å². The predicted molar refractivity (Wildman–Crippen MR) is 68.5 cm³/mol. The van der Waals surface area contributed by atoms with Gasteiger partial charge in [-0.3, -0.25) is 4.55 Å². The van der Waals surface area contributed by atoms with Crippen molar-refractivity contribution in [3.05, 3.63) is 0 Å². The third kappa shape index (κ3) is 2.51. The summed E-state index contributed by atoms with van der Waals surface area (Å²) in [4.78, 5) is 11.6. The molecule has 0 aliphatic heterocycles. The first kappa shape index (κ1) is 17.8. The Hall–Kier alpha value is -0.970. The van der Waals surface area contributed by atoms with Gasteiger partial charge >= 0.3 is 27.5 Å². The van der Waals surface area contributed by atoms with Gasteiger partial charge in [-0.05, 0) is 43.9 Å². The molecule has 0 amide bonds. The lowest BCUT2D eigenvalue weighted by Gasteiger charge is -2.61. The van der Waals surface area contributed by atoms with Crippen molar-refractivity contribution in [3.63, 3.8) is 0 Å². The second kappa shape index (κ2) is 4.80. The Kier molecular flexibility index (Phi) is 3.57. The van der Waals surface area contributed by atoms with Gasteiger partial charge in [-0.1, -0.05) is 0 Å². The minimum atomic E-state index is -6.06. The van der Waals surface area contributed by atoms with E-state index in [0.717, 1.165) is 0 Å². The van der Waals surface area contributed by atoms with Gasteiger partial charge in [0.05, 0.1) is 5.41 Å². The number of carbonyl (C=O) groups excluding carboxylic acids is 1. The van der Waals surface area contributed by atoms with E-state index in [1.807, 2.05) is 0 Å². The van der Waals surface area contributed by atoms with Crippen LogP contribution in [0, 0.1) is 17.3 Å². The van der Waals surface area contributed by atoms with Gasteiger partial charge in [-0.25, -0.2) is 4.79 Å². The molecule has 11 heteroatoms. The average Bonchev–Trinajstić information content (AvgIpc) is 2.33. The van der Waals surface area contributed by atoms with Crippen LogP contribution in [0.25, 0.3) is 0 Å². The van der Waals surface area contributed by atoms with Crippen molar-refractivity contribution in [2.75, 3.05) is 0 Å². The topological polar surface area (TPSA) is 80.7 Å². The standard InChI is InChI=1S/C13H15F5O5S/c14-12(15,24(20,21)22)9(19)23-11-4-7-1-8(5-11)3-10(2-7,6-11)13(16,17)18/h7-8H,1-6H2,(H,20,21,22). The lowest BCUT2D eigenvalue weighted by molar-refractivity contribution is -0.301. The van der Waals surface area contributed by atoms with E-state index in [1.54, 1.807) is 0 Å². The summed E-state index contributed by atoms with van der Waals surface area (Å²) < 4.78 is 102. The van der Waals surface area contributed by atoms with E-state index in [2.05, 4.69) is 4.74 Å². The molecule has 24 heavy (non-hydrogen) atoms. The highest BCUT2D eigenvalue weighted by Gasteiger charge is 2.69. The smallest absolute Gasteiger partial charge is 0.454 e. The molecule has 0 radical (unpaired) electrons. The number of ether oxygens (including phenoxy) is 1. The zero-order valence-electron chi connectivity index (χ0n) is 12.3. The molecule has 1 N–H and O–H groups in total. The van der Waals surface area contributed by atoms with Crippen molar-refractivity contribution in [1.82, 2.24) is 0 Å². The normalized spacial score (nSPS) is 39.1. The van der Waals surface area contributed by atoms with Crippen LogP contribution in [-0.2, 0) is 19.6 Å². The highest BCUT2D eigenvalue weighted by atomic mass is 32.2. The summed E-state index contributed by atoms with van der Waals surface area (Å²) in [5, 5.41) is -5.21. The van der Waals surface area contributed by atoms with Crippen LogP contribution < -0.4 is 0 Å². The van der Waals surface area contributed by atoms with Gasteiger partial charge in [0.25, 0.3) is 0 Å². The van der Waals surface area contributed by atoms with Gasteiger partial charge in [0.15, 0.2) is 0 Å². The van der Waals surface area contributed by atoms with Crippen molar-refractivity contribution in [2.24, 2.45) is 17.3 Å². The molecule has 2 unspecified atom stereocenters. The molecule has 4 aliphatic carbocycles. The fourth-order valence-electron chi connectivity index (χ4n) is 4.99. The van der Waals surface area contributed by atoms with E-state index in [-0.39, 0.29) is 25.7 Å². The maximum Gasteiger partial charge on any atom is 0.465 e. The number of rotatable bonds is 3. The van der Waals surface area contributed by atoms with Crippen molar-refractivity contribution in [2.45, 2.75) is 55.6 Å². The molecule has 4 rings (SSSR count). The van der Waals surface area contributed by atoms with E-state index in [1.165, 1.54) is 0 Å². The average molecular weight is 378 g/mol. The van der Waals surface area contributed by atoms with Crippen molar-refractivity contribution >= 4 is 16.1 Å². The summed E-state index contributed by atoms with van der Waals surface area (Å²) in [6, 6.07) is 0. The Morgan fingerprint density at radius 2 is 1.54 bits per heavy atom. The van der Waals surface area contributed by atoms with Gasteiger partial charge in [-0.2, -0.15) is 30.4 Å². The summed E-state index contributed by atoms with van der Waals surface area (Å²) in [6.07, 6.45) is -4.99. The van der Waals surface area contributed by atoms with Gasteiger partial charge < -0.3 is 4.74 Å². The first-order valence-corrected chi connectivity index (χ1v) is 8.79. The van der Waals surface area contributed by atoms with Gasteiger partial charge in [0, 0.05) is 6.42 Å². The lowest BCUT2D eigenvalue weighted by atomic mass is 9.47. The van der Waals surface area contributed by atoms with Crippen molar-refractivity contribution in [1.29, 1.82) is 0 Å². The molecule has 0 spiro atoms. The monoisotopic (exact) mass is 378 g/mol. The van der Waals surface area contributed by atoms with E-state index >= 15 is 0 Å². The zero-order chi connectivity index (χ0) is 18.2. The fourth-order valence-corrected chi connectivity index (χ4v) is 5.24. The highest BCUT2D eigenvalue weighted by molar-refractivity contribution is 7.87. The van der Waals surface area contributed by atoms with E-state index in [0.29, 0.717) is 6.42 Å². The number of hydrogen-bond acceptors (Lipinski definition) is 4. The van der Waals surface area contributed by atoms with Gasteiger partial charge in [-0.15, -0.1) is 0 Å². The molecule has 4 bridgehead atoms. The van der Waals surface area contributed by atoms with Crippen LogP contribution in [0.3, 0.4) is 0 Å². The van der Waals surface area contributed by atoms with Crippen LogP contribution in [0.15, 0.2) is 0 Å². The van der Waals surface area contributed by atoms with E-state index < -0.39 is 56.8 Å². The molecule has 4 aliphatic rings. The molecule has 138 valence electrons. The molecule has 0 aromatic heterocycles. The zero-order valence-corrected chi connectivity index (χ0v) is 13.1. The quantitative estimate of drug-likeness (QED) is 0.464.